The highest BCUT2D eigenvalue weighted by Crippen LogP contribution is 2.27. The number of carbonyl (C=O) groups is 1. The third-order valence-electron chi connectivity index (χ3n) is 2.57. The number of aryl methyl sites for hydroxylation is 1. The minimum Gasteiger partial charge on any atom is -0.462 e. The Morgan fingerprint density at radius 3 is 3.00 bits per heavy atom. The molecular formula is C13H16N4O2S. The van der Waals surface area contributed by atoms with E-state index in [1.165, 1.54) is 0 Å². The van der Waals surface area contributed by atoms with Gasteiger partial charge in [0, 0.05) is 5.69 Å². The first-order valence-corrected chi connectivity index (χ1v) is 6.97. The Hall–Kier alpha value is -2.15. The van der Waals surface area contributed by atoms with Gasteiger partial charge in [-0.1, -0.05) is 6.07 Å². The molecule has 0 saturated heterocycles. The SMILES string of the molecule is CCOC(=O)c1c(N)nsc1NCc1cccc(C)n1. The molecule has 7 heteroatoms. The van der Waals surface area contributed by atoms with Gasteiger partial charge >= 0.3 is 5.97 Å². The van der Waals surface area contributed by atoms with Crippen LogP contribution in [-0.4, -0.2) is 21.9 Å². The molecule has 0 saturated carbocycles. The van der Waals surface area contributed by atoms with E-state index in [2.05, 4.69) is 14.7 Å². The van der Waals surface area contributed by atoms with E-state index in [1.54, 1.807) is 6.92 Å². The summed E-state index contributed by atoms with van der Waals surface area (Å²) < 4.78 is 8.96. The zero-order valence-electron chi connectivity index (χ0n) is 11.3. The Labute approximate surface area is 121 Å². The molecule has 2 rings (SSSR count). The lowest BCUT2D eigenvalue weighted by molar-refractivity contribution is 0.0529. The summed E-state index contributed by atoms with van der Waals surface area (Å²) in [7, 11) is 0. The Morgan fingerprint density at radius 1 is 1.50 bits per heavy atom. The van der Waals surface area contributed by atoms with Crippen LogP contribution in [0.2, 0.25) is 0 Å². The van der Waals surface area contributed by atoms with Gasteiger partial charge in [-0.3, -0.25) is 4.98 Å². The number of nitrogens with zero attached hydrogens (tertiary/aromatic N) is 2. The maximum atomic E-state index is 11.8. The van der Waals surface area contributed by atoms with Crippen LogP contribution in [0.3, 0.4) is 0 Å². The Kier molecular flexibility index (Phi) is 4.52. The molecule has 0 fully saturated rings. The molecule has 3 N–H and O–H groups in total. The van der Waals surface area contributed by atoms with E-state index in [-0.39, 0.29) is 5.82 Å². The standard InChI is InChI=1S/C13H16N4O2S/c1-3-19-13(18)10-11(14)17-20-12(10)15-7-9-6-4-5-8(2)16-9/h4-6,15H,3,7H2,1-2H3,(H2,14,17). The van der Waals surface area contributed by atoms with E-state index in [4.69, 9.17) is 10.5 Å². The van der Waals surface area contributed by atoms with Crippen LogP contribution >= 0.6 is 11.5 Å². The Morgan fingerprint density at radius 2 is 2.30 bits per heavy atom. The largest absolute Gasteiger partial charge is 0.462 e. The summed E-state index contributed by atoms with van der Waals surface area (Å²) >= 11 is 1.14. The van der Waals surface area contributed by atoms with Gasteiger partial charge in [0.1, 0.15) is 10.6 Å². The maximum absolute atomic E-state index is 11.8. The third-order valence-corrected chi connectivity index (χ3v) is 3.39. The normalized spacial score (nSPS) is 10.3. The third kappa shape index (κ3) is 3.24. The van der Waals surface area contributed by atoms with Crippen LogP contribution in [0.4, 0.5) is 10.8 Å². The summed E-state index contributed by atoms with van der Waals surface area (Å²) in [6.45, 7) is 4.47. The number of hydrogen-bond donors (Lipinski definition) is 2. The number of hydrogen-bond acceptors (Lipinski definition) is 7. The molecular weight excluding hydrogens is 276 g/mol. The van der Waals surface area contributed by atoms with E-state index in [0.29, 0.717) is 23.7 Å². The van der Waals surface area contributed by atoms with Crippen molar-refractivity contribution < 1.29 is 9.53 Å². The van der Waals surface area contributed by atoms with Gasteiger partial charge in [0.25, 0.3) is 0 Å². The molecule has 2 aromatic rings. The van der Waals surface area contributed by atoms with Crippen molar-refractivity contribution in [1.29, 1.82) is 0 Å². The summed E-state index contributed by atoms with van der Waals surface area (Å²) in [5.74, 6) is -0.272. The Bertz CT molecular complexity index is 612. The molecule has 0 amide bonds. The van der Waals surface area contributed by atoms with Crippen LogP contribution < -0.4 is 11.1 Å². The molecule has 0 aliphatic rings. The van der Waals surface area contributed by atoms with E-state index in [9.17, 15) is 4.79 Å². The van der Waals surface area contributed by atoms with Crippen LogP contribution in [-0.2, 0) is 11.3 Å². The number of pyridine rings is 1. The molecule has 0 atom stereocenters. The van der Waals surface area contributed by atoms with E-state index < -0.39 is 5.97 Å². The zero-order chi connectivity index (χ0) is 14.5. The first-order chi connectivity index (χ1) is 9.61. The van der Waals surface area contributed by atoms with Crippen molar-refractivity contribution in [3.05, 3.63) is 35.2 Å². The second kappa shape index (κ2) is 6.33. The van der Waals surface area contributed by atoms with Gasteiger partial charge in [0.15, 0.2) is 5.82 Å². The molecule has 0 unspecified atom stereocenters. The van der Waals surface area contributed by atoms with E-state index in [0.717, 1.165) is 22.9 Å². The molecule has 20 heavy (non-hydrogen) atoms. The van der Waals surface area contributed by atoms with Crippen molar-refractivity contribution >= 4 is 28.3 Å². The van der Waals surface area contributed by atoms with E-state index in [1.807, 2.05) is 25.1 Å². The van der Waals surface area contributed by atoms with Gasteiger partial charge < -0.3 is 15.8 Å². The molecule has 0 aliphatic heterocycles. The van der Waals surface area contributed by atoms with Gasteiger partial charge in [0.05, 0.1) is 18.8 Å². The maximum Gasteiger partial charge on any atom is 0.344 e. The number of nitrogen functional groups attached to an aromatic ring is 1. The number of nitrogens with one attached hydrogen (secondary N) is 1. The molecule has 0 radical (unpaired) electrons. The summed E-state index contributed by atoms with van der Waals surface area (Å²) in [6, 6.07) is 5.78. The average Bonchev–Trinajstić information content (AvgIpc) is 2.78. The fourth-order valence-corrected chi connectivity index (χ4v) is 2.39. The highest BCUT2D eigenvalue weighted by atomic mass is 32.1. The van der Waals surface area contributed by atoms with Crippen molar-refractivity contribution in [3.63, 3.8) is 0 Å². The molecule has 6 nitrogen and oxygen atoms in total. The predicted molar refractivity (Wildman–Crippen MR) is 78.8 cm³/mol. The van der Waals surface area contributed by atoms with Gasteiger partial charge in [-0.15, -0.1) is 0 Å². The number of aromatic nitrogens is 2. The summed E-state index contributed by atoms with van der Waals surface area (Å²) in [5, 5.41) is 3.73. The number of rotatable bonds is 5. The average molecular weight is 292 g/mol. The fourth-order valence-electron chi connectivity index (χ4n) is 1.69. The first kappa shape index (κ1) is 14.3. The highest BCUT2D eigenvalue weighted by molar-refractivity contribution is 7.11. The van der Waals surface area contributed by atoms with Crippen molar-refractivity contribution in [2.75, 3.05) is 17.7 Å². The summed E-state index contributed by atoms with van der Waals surface area (Å²) in [6.07, 6.45) is 0. The summed E-state index contributed by atoms with van der Waals surface area (Å²) in [4.78, 5) is 16.2. The smallest absolute Gasteiger partial charge is 0.344 e. The highest BCUT2D eigenvalue weighted by Gasteiger charge is 2.20. The number of ether oxygens (including phenoxy) is 1. The van der Waals surface area contributed by atoms with Crippen molar-refractivity contribution in [3.8, 4) is 0 Å². The number of anilines is 2. The fraction of sp³-hybridized carbons (Fsp3) is 0.308. The molecule has 2 aromatic heterocycles. The van der Waals surface area contributed by atoms with Crippen molar-refractivity contribution in [2.24, 2.45) is 0 Å². The van der Waals surface area contributed by atoms with Gasteiger partial charge in [-0.2, -0.15) is 4.37 Å². The molecule has 0 bridgehead atoms. The summed E-state index contributed by atoms with van der Waals surface area (Å²) in [5.41, 5.74) is 7.83. The minimum absolute atomic E-state index is 0.188. The molecule has 106 valence electrons. The van der Waals surface area contributed by atoms with Crippen LogP contribution in [0.5, 0.6) is 0 Å². The van der Waals surface area contributed by atoms with Crippen LogP contribution in [0.25, 0.3) is 0 Å². The van der Waals surface area contributed by atoms with Gasteiger partial charge in [0.2, 0.25) is 0 Å². The second-order valence-corrected chi connectivity index (χ2v) is 4.89. The van der Waals surface area contributed by atoms with Crippen LogP contribution in [0.15, 0.2) is 18.2 Å². The van der Waals surface area contributed by atoms with Crippen molar-refractivity contribution in [2.45, 2.75) is 20.4 Å². The van der Waals surface area contributed by atoms with Crippen LogP contribution in [0, 0.1) is 6.92 Å². The van der Waals surface area contributed by atoms with Gasteiger partial charge in [-0.25, -0.2) is 4.79 Å². The molecule has 0 aromatic carbocycles. The lowest BCUT2D eigenvalue weighted by Gasteiger charge is -2.07. The zero-order valence-corrected chi connectivity index (χ0v) is 12.2. The topological polar surface area (TPSA) is 90.1 Å². The number of carbonyl (C=O) groups excluding carboxylic acids is 1. The Balaban J connectivity index is 2.12. The number of esters is 1. The predicted octanol–water partition coefficient (Wildman–Crippen LogP) is 2.22. The van der Waals surface area contributed by atoms with E-state index >= 15 is 0 Å². The molecule has 0 spiro atoms. The lowest BCUT2D eigenvalue weighted by atomic mass is 10.3. The molecule has 2 heterocycles. The van der Waals surface area contributed by atoms with Crippen LogP contribution in [0.1, 0.15) is 28.7 Å². The number of nitrogens with two attached hydrogens (primary N) is 1. The first-order valence-electron chi connectivity index (χ1n) is 6.20. The second-order valence-electron chi connectivity index (χ2n) is 4.12. The lowest BCUT2D eigenvalue weighted by Crippen LogP contribution is -2.10. The quantitative estimate of drug-likeness (QED) is 0.821. The monoisotopic (exact) mass is 292 g/mol. The molecule has 0 aliphatic carbocycles. The minimum atomic E-state index is -0.460. The van der Waals surface area contributed by atoms with Crippen molar-refractivity contribution in [1.82, 2.24) is 9.36 Å². The van der Waals surface area contributed by atoms with Gasteiger partial charge in [-0.05, 0) is 37.5 Å².